The number of methoxy groups -OCH3 is 1. The second-order valence-electron chi connectivity index (χ2n) is 5.85. The second-order valence-corrected chi connectivity index (χ2v) is 5.85. The quantitative estimate of drug-likeness (QED) is 0.857. The molecular weight excluding hydrogens is 304 g/mol. The van der Waals surface area contributed by atoms with Crippen molar-refractivity contribution in [3.63, 3.8) is 0 Å². The van der Waals surface area contributed by atoms with Gasteiger partial charge in [0.2, 0.25) is 0 Å². The first kappa shape index (κ1) is 16.6. The Hall–Kier alpha value is -2.30. The Morgan fingerprint density at radius 3 is 2.54 bits per heavy atom. The molecule has 1 aliphatic rings. The van der Waals surface area contributed by atoms with Crippen molar-refractivity contribution >= 4 is 5.57 Å². The molecule has 1 atom stereocenters. The lowest BCUT2D eigenvalue weighted by Gasteiger charge is -2.19. The number of rotatable bonds is 6. The van der Waals surface area contributed by atoms with Crippen LogP contribution < -0.4 is 9.47 Å². The van der Waals surface area contributed by atoms with Crippen LogP contribution in [0.3, 0.4) is 0 Å². The summed E-state index contributed by atoms with van der Waals surface area (Å²) in [6.07, 6.45) is 3.44. The average Bonchev–Trinajstić information content (AvgIpc) is 2.65. The van der Waals surface area contributed by atoms with Crippen LogP contribution in [0, 0.1) is 0 Å². The molecule has 0 saturated heterocycles. The zero-order valence-electron chi connectivity index (χ0n) is 13.7. The number of ether oxygens (including phenoxy) is 2. The summed E-state index contributed by atoms with van der Waals surface area (Å²) in [6.45, 7) is -0.216. The molecule has 1 aliphatic carbocycles. The van der Waals surface area contributed by atoms with E-state index < -0.39 is 6.10 Å². The zero-order chi connectivity index (χ0) is 16.9. The Balaban J connectivity index is 1.79. The summed E-state index contributed by atoms with van der Waals surface area (Å²) in [7, 11) is 1.69. The van der Waals surface area contributed by atoms with Crippen LogP contribution in [-0.2, 0) is 6.42 Å². The van der Waals surface area contributed by atoms with Crippen LogP contribution in [0.2, 0.25) is 0 Å². The Morgan fingerprint density at radius 1 is 1.08 bits per heavy atom. The van der Waals surface area contributed by atoms with E-state index in [0.717, 1.165) is 24.2 Å². The van der Waals surface area contributed by atoms with Crippen LogP contribution in [0.4, 0.5) is 0 Å². The summed E-state index contributed by atoms with van der Waals surface area (Å²) in [5.41, 5.74) is 4.90. The number of hydrogen-bond acceptors (Lipinski definition) is 4. The van der Waals surface area contributed by atoms with Gasteiger partial charge in [-0.15, -0.1) is 0 Å². The molecule has 0 radical (unpaired) electrons. The van der Waals surface area contributed by atoms with Gasteiger partial charge in [0, 0.05) is 0 Å². The molecule has 0 aliphatic heterocycles. The molecular formula is C20H22O4. The Kier molecular flexibility index (Phi) is 5.18. The van der Waals surface area contributed by atoms with Gasteiger partial charge in [-0.3, -0.25) is 0 Å². The predicted molar refractivity (Wildman–Crippen MR) is 93.4 cm³/mol. The summed E-state index contributed by atoms with van der Waals surface area (Å²) in [5, 5.41) is 18.1. The van der Waals surface area contributed by atoms with E-state index in [4.69, 9.17) is 14.6 Å². The number of hydrogen-bond donors (Lipinski definition) is 2. The van der Waals surface area contributed by atoms with Gasteiger partial charge in [-0.25, -0.2) is 0 Å². The highest BCUT2D eigenvalue weighted by Crippen LogP contribution is 2.34. The summed E-state index contributed by atoms with van der Waals surface area (Å²) >= 11 is 0. The minimum absolute atomic E-state index is 0.0845. The van der Waals surface area contributed by atoms with Gasteiger partial charge in [0.25, 0.3) is 0 Å². The third kappa shape index (κ3) is 3.61. The van der Waals surface area contributed by atoms with Crippen LogP contribution in [0.1, 0.15) is 23.1 Å². The van der Waals surface area contributed by atoms with Crippen molar-refractivity contribution in [1.82, 2.24) is 0 Å². The predicted octanol–water partition coefficient (Wildman–Crippen LogP) is 2.81. The number of aliphatic hydroxyl groups excluding tert-OH is 2. The average molecular weight is 326 g/mol. The SMILES string of the molecule is COc1ccc2c(c1)CCC=C2c1ccc(OC[C@@H](O)CO)cc1. The van der Waals surface area contributed by atoms with Crippen molar-refractivity contribution in [3.8, 4) is 11.5 Å². The lowest BCUT2D eigenvalue weighted by molar-refractivity contribution is 0.0536. The Bertz CT molecular complexity index is 719. The Labute approximate surface area is 142 Å². The minimum Gasteiger partial charge on any atom is -0.497 e. The molecule has 2 aromatic rings. The number of aliphatic hydroxyl groups is 2. The maximum Gasteiger partial charge on any atom is 0.119 e. The monoisotopic (exact) mass is 326 g/mol. The standard InChI is InChI=1S/C20H22O4/c1-23-18-9-10-20-15(11-18)3-2-4-19(20)14-5-7-17(8-6-14)24-13-16(22)12-21/h4-11,16,21-22H,2-3,12-13H2,1H3/t16-/m0/s1. The van der Waals surface area contributed by atoms with Crippen LogP contribution in [0.15, 0.2) is 48.5 Å². The third-order valence-electron chi connectivity index (χ3n) is 4.18. The van der Waals surface area contributed by atoms with Gasteiger partial charge in [0.05, 0.1) is 13.7 Å². The largest absolute Gasteiger partial charge is 0.497 e. The van der Waals surface area contributed by atoms with E-state index in [1.165, 1.54) is 16.7 Å². The van der Waals surface area contributed by atoms with Gasteiger partial charge in [0.15, 0.2) is 0 Å². The van der Waals surface area contributed by atoms with Crippen molar-refractivity contribution in [2.45, 2.75) is 18.9 Å². The highest BCUT2D eigenvalue weighted by Gasteiger charge is 2.15. The van der Waals surface area contributed by atoms with Crippen molar-refractivity contribution in [1.29, 1.82) is 0 Å². The first-order chi connectivity index (χ1) is 11.7. The molecule has 3 rings (SSSR count). The second kappa shape index (κ2) is 7.51. The van der Waals surface area contributed by atoms with Crippen LogP contribution in [-0.4, -0.2) is 36.6 Å². The maximum atomic E-state index is 9.34. The fourth-order valence-electron chi connectivity index (χ4n) is 2.90. The molecule has 0 bridgehead atoms. The first-order valence-electron chi connectivity index (χ1n) is 8.11. The zero-order valence-corrected chi connectivity index (χ0v) is 13.7. The van der Waals surface area contributed by atoms with E-state index in [1.807, 2.05) is 30.3 Å². The van der Waals surface area contributed by atoms with Gasteiger partial charge in [-0.1, -0.05) is 24.3 Å². The van der Waals surface area contributed by atoms with Crippen molar-refractivity contribution < 1.29 is 19.7 Å². The topological polar surface area (TPSA) is 58.9 Å². The highest BCUT2D eigenvalue weighted by molar-refractivity contribution is 5.83. The fourth-order valence-corrected chi connectivity index (χ4v) is 2.90. The Morgan fingerprint density at radius 2 is 1.83 bits per heavy atom. The van der Waals surface area contributed by atoms with E-state index >= 15 is 0 Å². The van der Waals surface area contributed by atoms with E-state index in [0.29, 0.717) is 5.75 Å². The van der Waals surface area contributed by atoms with Crippen molar-refractivity contribution in [2.24, 2.45) is 0 Å². The third-order valence-corrected chi connectivity index (χ3v) is 4.18. The van der Waals surface area contributed by atoms with Crippen LogP contribution in [0.5, 0.6) is 11.5 Å². The number of aryl methyl sites for hydroxylation is 1. The summed E-state index contributed by atoms with van der Waals surface area (Å²) in [4.78, 5) is 0. The molecule has 0 unspecified atom stereocenters. The van der Waals surface area contributed by atoms with Crippen molar-refractivity contribution in [2.75, 3.05) is 20.3 Å². The van der Waals surface area contributed by atoms with E-state index in [-0.39, 0.29) is 13.2 Å². The molecule has 0 saturated carbocycles. The van der Waals surface area contributed by atoms with Gasteiger partial charge in [0.1, 0.15) is 24.2 Å². The summed E-state index contributed by atoms with van der Waals surface area (Å²) in [5.74, 6) is 1.57. The number of benzene rings is 2. The molecule has 2 N–H and O–H groups in total. The van der Waals surface area contributed by atoms with E-state index in [1.54, 1.807) is 7.11 Å². The molecule has 126 valence electrons. The lowest BCUT2D eigenvalue weighted by Crippen LogP contribution is -2.21. The molecule has 24 heavy (non-hydrogen) atoms. The molecule has 0 spiro atoms. The molecule has 4 nitrogen and oxygen atoms in total. The smallest absolute Gasteiger partial charge is 0.119 e. The van der Waals surface area contributed by atoms with E-state index in [2.05, 4.69) is 18.2 Å². The highest BCUT2D eigenvalue weighted by atomic mass is 16.5. The molecule has 0 amide bonds. The van der Waals surface area contributed by atoms with Crippen LogP contribution >= 0.6 is 0 Å². The molecule has 4 heteroatoms. The van der Waals surface area contributed by atoms with E-state index in [9.17, 15) is 5.11 Å². The first-order valence-corrected chi connectivity index (χ1v) is 8.11. The van der Waals surface area contributed by atoms with Crippen molar-refractivity contribution in [3.05, 3.63) is 65.2 Å². The fraction of sp³-hybridized carbons (Fsp3) is 0.300. The number of fused-ring (bicyclic) bond motifs is 1. The summed E-state index contributed by atoms with van der Waals surface area (Å²) < 4.78 is 10.8. The lowest BCUT2D eigenvalue weighted by atomic mass is 9.87. The van der Waals surface area contributed by atoms with Crippen LogP contribution in [0.25, 0.3) is 5.57 Å². The normalized spacial score (nSPS) is 14.5. The molecule has 0 fully saturated rings. The molecule has 0 aromatic heterocycles. The van der Waals surface area contributed by atoms with Gasteiger partial charge in [-0.2, -0.15) is 0 Å². The molecule has 2 aromatic carbocycles. The molecule has 0 heterocycles. The maximum absolute atomic E-state index is 9.34. The van der Waals surface area contributed by atoms with Gasteiger partial charge >= 0.3 is 0 Å². The minimum atomic E-state index is -0.854. The summed E-state index contributed by atoms with van der Waals surface area (Å²) in [6, 6.07) is 14.0. The van der Waals surface area contributed by atoms with Gasteiger partial charge < -0.3 is 19.7 Å². The number of allylic oxidation sites excluding steroid dienone is 1. The van der Waals surface area contributed by atoms with Gasteiger partial charge in [-0.05, 0) is 59.4 Å².